The number of hydrogen-bond donors (Lipinski definition) is 3. The maximum atomic E-state index is 12.2. The fourth-order valence-electron chi connectivity index (χ4n) is 3.09. The number of amides is 1. The number of fused-ring (bicyclic) bond motifs is 3. The van der Waals surface area contributed by atoms with Gasteiger partial charge in [-0.2, -0.15) is 0 Å². The molecule has 1 amide bonds. The lowest BCUT2D eigenvalue weighted by Gasteiger charge is -2.14. The van der Waals surface area contributed by atoms with Gasteiger partial charge in [-0.25, -0.2) is 0 Å². The zero-order valence-corrected chi connectivity index (χ0v) is 14.6. The molecule has 0 saturated heterocycles. The summed E-state index contributed by atoms with van der Waals surface area (Å²) in [5.41, 5.74) is 3.68. The molecule has 0 bridgehead atoms. The van der Waals surface area contributed by atoms with Crippen LogP contribution in [0.5, 0.6) is 0 Å². The number of H-pyrrole nitrogens is 1. The second-order valence-corrected chi connectivity index (χ2v) is 6.45. The summed E-state index contributed by atoms with van der Waals surface area (Å²) >= 11 is 12.7. The molecule has 23 heavy (non-hydrogen) atoms. The van der Waals surface area contributed by atoms with Crippen molar-refractivity contribution in [3.8, 4) is 0 Å². The predicted octanol–water partition coefficient (Wildman–Crippen LogP) is 3.31. The van der Waals surface area contributed by atoms with E-state index in [1.54, 1.807) is 7.11 Å². The maximum Gasteiger partial charge on any atom is 0.227 e. The highest BCUT2D eigenvalue weighted by Crippen LogP contribution is 2.42. The van der Waals surface area contributed by atoms with Gasteiger partial charge in [-0.15, -0.1) is 0 Å². The highest BCUT2D eigenvalue weighted by Gasteiger charge is 2.28. The highest BCUT2D eigenvalue weighted by atomic mass is 35.5. The fraction of sp³-hybridized carbons (Fsp3) is 0.438. The van der Waals surface area contributed by atoms with E-state index in [0.29, 0.717) is 29.7 Å². The molecule has 124 valence electrons. The molecule has 3 rings (SSSR count). The minimum Gasteiger partial charge on any atom is -0.383 e. The van der Waals surface area contributed by atoms with Crippen LogP contribution in [0.4, 0.5) is 5.69 Å². The van der Waals surface area contributed by atoms with Gasteiger partial charge in [-0.1, -0.05) is 23.2 Å². The SMILES string of the molecule is COCCNc1cc(Cl)c(Cl)c2[nH]c3c(c12)[C@H](C)C(=O)NCC3. The summed E-state index contributed by atoms with van der Waals surface area (Å²) < 4.78 is 5.09. The Labute approximate surface area is 144 Å². The first-order valence-corrected chi connectivity index (χ1v) is 8.33. The number of hydrogen-bond acceptors (Lipinski definition) is 3. The van der Waals surface area contributed by atoms with Crippen LogP contribution in [0.3, 0.4) is 0 Å². The van der Waals surface area contributed by atoms with Crippen molar-refractivity contribution in [2.75, 3.05) is 32.1 Å². The Morgan fingerprint density at radius 1 is 1.43 bits per heavy atom. The molecule has 5 nitrogen and oxygen atoms in total. The van der Waals surface area contributed by atoms with Crippen molar-refractivity contribution in [2.45, 2.75) is 19.3 Å². The lowest BCUT2D eigenvalue weighted by Crippen LogP contribution is -2.26. The van der Waals surface area contributed by atoms with Gasteiger partial charge in [0.2, 0.25) is 5.91 Å². The summed E-state index contributed by atoms with van der Waals surface area (Å²) in [6.45, 7) is 3.74. The molecule has 2 aromatic rings. The molecular weight excluding hydrogens is 337 g/mol. The standard InChI is InChI=1S/C16H19Cl2N3O2/c1-8-12-10(3-4-20-16(8)22)21-15-13(12)11(19-5-6-23-2)7-9(17)14(15)18/h7-8,19,21H,3-6H2,1-2H3,(H,20,22)/t8-/m0/s1. The van der Waals surface area contributed by atoms with Crippen LogP contribution in [0, 0.1) is 0 Å². The number of methoxy groups -OCH3 is 1. The summed E-state index contributed by atoms with van der Waals surface area (Å²) in [5, 5.41) is 8.17. The maximum absolute atomic E-state index is 12.2. The summed E-state index contributed by atoms with van der Waals surface area (Å²) in [4.78, 5) is 15.6. The minimum atomic E-state index is -0.249. The number of carbonyl (C=O) groups is 1. The van der Waals surface area contributed by atoms with Gasteiger partial charge >= 0.3 is 0 Å². The van der Waals surface area contributed by atoms with Gasteiger partial charge in [0.1, 0.15) is 0 Å². The van der Waals surface area contributed by atoms with Gasteiger partial charge in [0.05, 0.1) is 28.1 Å². The van der Waals surface area contributed by atoms with Gasteiger partial charge in [-0.3, -0.25) is 4.79 Å². The van der Waals surface area contributed by atoms with E-state index in [0.717, 1.165) is 34.3 Å². The van der Waals surface area contributed by atoms with Crippen molar-refractivity contribution in [3.63, 3.8) is 0 Å². The third-order valence-electron chi connectivity index (χ3n) is 4.21. The van der Waals surface area contributed by atoms with Crippen molar-refractivity contribution in [1.82, 2.24) is 10.3 Å². The number of nitrogens with one attached hydrogen (secondary N) is 3. The van der Waals surface area contributed by atoms with Crippen LogP contribution < -0.4 is 10.6 Å². The van der Waals surface area contributed by atoms with E-state index in [9.17, 15) is 4.79 Å². The molecular formula is C16H19Cl2N3O2. The monoisotopic (exact) mass is 355 g/mol. The molecule has 0 saturated carbocycles. The van der Waals surface area contributed by atoms with Gasteiger partial charge in [0.15, 0.2) is 0 Å². The first-order chi connectivity index (χ1) is 11.0. The number of aromatic nitrogens is 1. The second-order valence-electron chi connectivity index (χ2n) is 5.67. The van der Waals surface area contributed by atoms with Crippen LogP contribution in [-0.2, 0) is 16.0 Å². The normalized spacial score (nSPS) is 17.7. The van der Waals surface area contributed by atoms with Gasteiger partial charge in [0.25, 0.3) is 0 Å². The van der Waals surface area contributed by atoms with E-state index < -0.39 is 0 Å². The third kappa shape index (κ3) is 2.89. The molecule has 0 fully saturated rings. The zero-order valence-electron chi connectivity index (χ0n) is 13.1. The van der Waals surface area contributed by atoms with E-state index >= 15 is 0 Å². The van der Waals surface area contributed by atoms with Crippen molar-refractivity contribution in [1.29, 1.82) is 0 Å². The molecule has 7 heteroatoms. The molecule has 0 unspecified atom stereocenters. The summed E-state index contributed by atoms with van der Waals surface area (Å²) in [5.74, 6) is -0.222. The number of carbonyl (C=O) groups excluding carboxylic acids is 1. The summed E-state index contributed by atoms with van der Waals surface area (Å²) in [6.07, 6.45) is 0.742. The predicted molar refractivity (Wildman–Crippen MR) is 93.8 cm³/mol. The Hall–Kier alpha value is -1.43. The van der Waals surface area contributed by atoms with Gasteiger partial charge in [-0.05, 0) is 18.6 Å². The molecule has 1 atom stereocenters. The van der Waals surface area contributed by atoms with E-state index in [2.05, 4.69) is 15.6 Å². The molecule has 2 heterocycles. The van der Waals surface area contributed by atoms with Crippen LogP contribution in [0.15, 0.2) is 6.07 Å². The van der Waals surface area contributed by atoms with Crippen molar-refractivity contribution in [2.24, 2.45) is 0 Å². The van der Waals surface area contributed by atoms with E-state index in [-0.39, 0.29) is 11.8 Å². The molecule has 1 aromatic carbocycles. The average Bonchev–Trinajstić information content (AvgIpc) is 2.85. The Bertz CT molecular complexity index is 758. The molecule has 0 aliphatic carbocycles. The smallest absolute Gasteiger partial charge is 0.227 e. The Balaban J connectivity index is 2.20. The topological polar surface area (TPSA) is 66.1 Å². The Kier molecular flexibility index (Phi) is 4.71. The number of anilines is 1. The summed E-state index contributed by atoms with van der Waals surface area (Å²) in [6, 6.07) is 1.81. The van der Waals surface area contributed by atoms with Crippen LogP contribution in [0.25, 0.3) is 10.9 Å². The zero-order chi connectivity index (χ0) is 16.6. The first-order valence-electron chi connectivity index (χ1n) is 7.57. The number of halogens is 2. The van der Waals surface area contributed by atoms with E-state index in [4.69, 9.17) is 27.9 Å². The van der Waals surface area contributed by atoms with E-state index in [1.165, 1.54) is 0 Å². The molecule has 1 aliphatic heterocycles. The molecule has 1 aliphatic rings. The Morgan fingerprint density at radius 2 is 2.22 bits per heavy atom. The first kappa shape index (κ1) is 16.4. The van der Waals surface area contributed by atoms with Crippen molar-refractivity contribution >= 4 is 45.7 Å². The largest absolute Gasteiger partial charge is 0.383 e. The fourth-order valence-corrected chi connectivity index (χ4v) is 3.49. The number of ether oxygens (including phenoxy) is 1. The quantitative estimate of drug-likeness (QED) is 0.737. The number of benzene rings is 1. The highest BCUT2D eigenvalue weighted by molar-refractivity contribution is 6.45. The van der Waals surface area contributed by atoms with E-state index in [1.807, 2.05) is 13.0 Å². The van der Waals surface area contributed by atoms with Crippen molar-refractivity contribution in [3.05, 3.63) is 27.4 Å². The average molecular weight is 356 g/mol. The second kappa shape index (κ2) is 6.59. The Morgan fingerprint density at radius 3 is 2.96 bits per heavy atom. The van der Waals surface area contributed by atoms with Crippen LogP contribution in [0.1, 0.15) is 24.1 Å². The number of aromatic amines is 1. The lowest BCUT2D eigenvalue weighted by molar-refractivity contribution is -0.121. The van der Waals surface area contributed by atoms with Gasteiger partial charge in [0, 0.05) is 43.4 Å². The summed E-state index contributed by atoms with van der Waals surface area (Å²) in [7, 11) is 1.65. The van der Waals surface area contributed by atoms with Crippen LogP contribution in [-0.4, -0.2) is 37.7 Å². The van der Waals surface area contributed by atoms with Crippen LogP contribution in [0.2, 0.25) is 10.0 Å². The molecule has 3 N–H and O–H groups in total. The van der Waals surface area contributed by atoms with Gasteiger partial charge < -0.3 is 20.4 Å². The van der Waals surface area contributed by atoms with Crippen LogP contribution >= 0.6 is 23.2 Å². The molecule has 1 aromatic heterocycles. The lowest BCUT2D eigenvalue weighted by atomic mass is 9.96. The molecule has 0 spiro atoms. The van der Waals surface area contributed by atoms with Crippen molar-refractivity contribution < 1.29 is 9.53 Å². The molecule has 0 radical (unpaired) electrons. The third-order valence-corrected chi connectivity index (χ3v) is 5.00. The number of rotatable bonds is 4. The minimum absolute atomic E-state index is 0.0264.